The highest BCUT2D eigenvalue weighted by Gasteiger charge is 2.38. The molecule has 1 aromatic rings. The van der Waals surface area contributed by atoms with Gasteiger partial charge in [0.25, 0.3) is 0 Å². The third-order valence-corrected chi connectivity index (χ3v) is 4.17. The Morgan fingerprint density at radius 2 is 2.18 bits per heavy atom. The Kier molecular flexibility index (Phi) is 3.76. The normalized spacial score (nSPS) is 21.1. The fourth-order valence-electron chi connectivity index (χ4n) is 3.01. The topological polar surface area (TPSA) is 49.9 Å². The van der Waals surface area contributed by atoms with Gasteiger partial charge in [-0.25, -0.2) is 9.18 Å². The van der Waals surface area contributed by atoms with E-state index in [1.54, 1.807) is 11.0 Å². The van der Waals surface area contributed by atoms with Crippen LogP contribution in [-0.4, -0.2) is 36.1 Å². The average molecular weight is 306 g/mol. The summed E-state index contributed by atoms with van der Waals surface area (Å²) in [5.74, 6) is -0.436. The lowest BCUT2D eigenvalue weighted by atomic mass is 10.0. The van der Waals surface area contributed by atoms with Gasteiger partial charge in [-0.1, -0.05) is 19.9 Å². The van der Waals surface area contributed by atoms with Gasteiger partial charge in [-0.15, -0.1) is 0 Å². The SMILES string of the molecule is CC(C)C(=O)N1CC[C@H]2COC(=O)N2c2cc(F)ccc2C1. The summed E-state index contributed by atoms with van der Waals surface area (Å²) < 4.78 is 18.7. The number of hydrogen-bond donors (Lipinski definition) is 0. The number of carbonyl (C=O) groups excluding carboxylic acids is 2. The van der Waals surface area contributed by atoms with Crippen LogP contribution in [0.3, 0.4) is 0 Å². The molecule has 3 rings (SSSR count). The van der Waals surface area contributed by atoms with Crippen LogP contribution in [0.2, 0.25) is 0 Å². The molecule has 1 atom stereocenters. The van der Waals surface area contributed by atoms with Gasteiger partial charge >= 0.3 is 6.09 Å². The number of benzene rings is 1. The molecule has 0 aromatic heterocycles. The van der Waals surface area contributed by atoms with Crippen molar-refractivity contribution in [3.8, 4) is 0 Å². The second-order valence-corrected chi connectivity index (χ2v) is 6.08. The molecule has 22 heavy (non-hydrogen) atoms. The lowest BCUT2D eigenvalue weighted by Gasteiger charge is -2.33. The van der Waals surface area contributed by atoms with E-state index in [0.717, 1.165) is 5.56 Å². The molecule has 118 valence electrons. The summed E-state index contributed by atoms with van der Waals surface area (Å²) in [7, 11) is 0. The number of hydrogen-bond acceptors (Lipinski definition) is 3. The number of ether oxygens (including phenoxy) is 1. The Morgan fingerprint density at radius 1 is 1.41 bits per heavy atom. The minimum absolute atomic E-state index is 0.0639. The number of halogens is 1. The first-order valence-corrected chi connectivity index (χ1v) is 7.50. The highest BCUT2D eigenvalue weighted by Crippen LogP contribution is 2.32. The van der Waals surface area contributed by atoms with Crippen molar-refractivity contribution in [2.75, 3.05) is 18.1 Å². The Labute approximate surface area is 128 Å². The minimum Gasteiger partial charge on any atom is -0.447 e. The molecule has 0 radical (unpaired) electrons. The van der Waals surface area contributed by atoms with E-state index in [-0.39, 0.29) is 24.5 Å². The first-order chi connectivity index (χ1) is 10.5. The number of nitrogens with zero attached hydrogens (tertiary/aromatic N) is 2. The van der Waals surface area contributed by atoms with Crippen molar-refractivity contribution in [1.29, 1.82) is 0 Å². The van der Waals surface area contributed by atoms with E-state index in [2.05, 4.69) is 0 Å². The smallest absolute Gasteiger partial charge is 0.414 e. The molecule has 0 N–H and O–H groups in total. The van der Waals surface area contributed by atoms with Gasteiger partial charge in [0, 0.05) is 19.0 Å². The van der Waals surface area contributed by atoms with E-state index in [1.165, 1.54) is 17.0 Å². The molecule has 1 saturated heterocycles. The number of anilines is 1. The van der Waals surface area contributed by atoms with Crippen LogP contribution in [0.25, 0.3) is 0 Å². The average Bonchev–Trinajstić information content (AvgIpc) is 2.82. The number of rotatable bonds is 1. The second kappa shape index (κ2) is 5.59. The van der Waals surface area contributed by atoms with Crippen LogP contribution in [-0.2, 0) is 16.1 Å². The van der Waals surface area contributed by atoms with Gasteiger partial charge in [0.2, 0.25) is 5.91 Å². The third-order valence-electron chi connectivity index (χ3n) is 4.17. The van der Waals surface area contributed by atoms with Crippen molar-refractivity contribution in [2.45, 2.75) is 32.9 Å². The zero-order valence-corrected chi connectivity index (χ0v) is 12.7. The predicted molar refractivity (Wildman–Crippen MR) is 78.9 cm³/mol. The van der Waals surface area contributed by atoms with E-state index >= 15 is 0 Å². The molecule has 5 nitrogen and oxygen atoms in total. The molecule has 0 unspecified atom stereocenters. The van der Waals surface area contributed by atoms with E-state index < -0.39 is 11.9 Å². The molecule has 2 aliphatic heterocycles. The molecule has 0 saturated carbocycles. The maximum absolute atomic E-state index is 13.6. The molecule has 0 spiro atoms. The number of carbonyl (C=O) groups is 2. The van der Waals surface area contributed by atoms with E-state index in [1.807, 2.05) is 13.8 Å². The summed E-state index contributed by atoms with van der Waals surface area (Å²) in [6, 6.07) is 4.18. The van der Waals surface area contributed by atoms with Crippen LogP contribution in [0.5, 0.6) is 0 Å². The fourth-order valence-corrected chi connectivity index (χ4v) is 3.01. The summed E-state index contributed by atoms with van der Waals surface area (Å²) in [5.41, 5.74) is 1.27. The van der Waals surface area contributed by atoms with Gasteiger partial charge in [-0.2, -0.15) is 0 Å². The number of fused-ring (bicyclic) bond motifs is 3. The molecule has 6 heteroatoms. The molecule has 1 aromatic carbocycles. The maximum Gasteiger partial charge on any atom is 0.414 e. The zero-order valence-electron chi connectivity index (χ0n) is 12.7. The second-order valence-electron chi connectivity index (χ2n) is 6.08. The van der Waals surface area contributed by atoms with Gasteiger partial charge in [0.15, 0.2) is 0 Å². The quantitative estimate of drug-likeness (QED) is 0.801. The Balaban J connectivity index is 2.02. The third kappa shape index (κ3) is 2.53. The summed E-state index contributed by atoms with van der Waals surface area (Å²) in [6.07, 6.45) is 0.181. The van der Waals surface area contributed by atoms with Crippen molar-refractivity contribution in [1.82, 2.24) is 4.90 Å². The molecule has 2 aliphatic rings. The van der Waals surface area contributed by atoms with Crippen LogP contribution in [0.15, 0.2) is 18.2 Å². The first-order valence-electron chi connectivity index (χ1n) is 7.50. The lowest BCUT2D eigenvalue weighted by Crippen LogP contribution is -2.43. The highest BCUT2D eigenvalue weighted by atomic mass is 19.1. The van der Waals surface area contributed by atoms with Crippen molar-refractivity contribution in [3.63, 3.8) is 0 Å². The summed E-state index contributed by atoms with van der Waals surface area (Å²) in [4.78, 5) is 27.6. The highest BCUT2D eigenvalue weighted by molar-refractivity contribution is 5.91. The Bertz CT molecular complexity index is 617. The van der Waals surface area contributed by atoms with Gasteiger partial charge in [-0.05, 0) is 24.1 Å². The summed E-state index contributed by atoms with van der Waals surface area (Å²) >= 11 is 0. The fraction of sp³-hybridized carbons (Fsp3) is 0.500. The monoisotopic (exact) mass is 306 g/mol. The summed E-state index contributed by atoms with van der Waals surface area (Å²) in [6.45, 7) is 4.94. The van der Waals surface area contributed by atoms with Gasteiger partial charge < -0.3 is 9.64 Å². The van der Waals surface area contributed by atoms with Crippen molar-refractivity contribution in [2.24, 2.45) is 5.92 Å². The standard InChI is InChI=1S/C16H19FN2O3/c1-10(2)15(20)18-6-5-13-9-22-16(21)19(13)14-7-12(17)4-3-11(14)8-18/h3-4,7,10,13H,5-6,8-9H2,1-2H3/t13-/m0/s1. The van der Waals surface area contributed by atoms with E-state index in [0.29, 0.717) is 25.2 Å². The van der Waals surface area contributed by atoms with Crippen LogP contribution >= 0.6 is 0 Å². The summed E-state index contributed by atoms with van der Waals surface area (Å²) in [5, 5.41) is 0. The number of cyclic esters (lactones) is 1. The lowest BCUT2D eigenvalue weighted by molar-refractivity contribution is -0.135. The Hall–Kier alpha value is -2.11. The van der Waals surface area contributed by atoms with Crippen LogP contribution in [0.4, 0.5) is 14.9 Å². The van der Waals surface area contributed by atoms with E-state index in [4.69, 9.17) is 4.74 Å². The molecule has 2 heterocycles. The van der Waals surface area contributed by atoms with Crippen LogP contribution < -0.4 is 4.90 Å². The molecule has 1 fully saturated rings. The maximum atomic E-state index is 13.6. The van der Waals surface area contributed by atoms with Crippen LogP contribution in [0.1, 0.15) is 25.8 Å². The molecule has 2 amide bonds. The molecular weight excluding hydrogens is 287 g/mol. The van der Waals surface area contributed by atoms with Gasteiger partial charge in [0.1, 0.15) is 12.4 Å². The molecular formula is C16H19FN2O3. The Morgan fingerprint density at radius 3 is 2.91 bits per heavy atom. The first kappa shape index (κ1) is 14.8. The van der Waals surface area contributed by atoms with Crippen LogP contribution in [0, 0.1) is 11.7 Å². The number of amides is 2. The predicted octanol–water partition coefficient (Wildman–Crippen LogP) is 2.54. The van der Waals surface area contributed by atoms with Crippen molar-refractivity contribution < 1.29 is 18.7 Å². The molecule has 0 bridgehead atoms. The van der Waals surface area contributed by atoms with Crippen molar-refractivity contribution in [3.05, 3.63) is 29.6 Å². The minimum atomic E-state index is -0.444. The van der Waals surface area contributed by atoms with E-state index in [9.17, 15) is 14.0 Å². The van der Waals surface area contributed by atoms with Gasteiger partial charge in [0.05, 0.1) is 11.7 Å². The van der Waals surface area contributed by atoms with Gasteiger partial charge in [-0.3, -0.25) is 9.69 Å². The van der Waals surface area contributed by atoms with Crippen molar-refractivity contribution >= 4 is 17.7 Å². The molecule has 0 aliphatic carbocycles. The zero-order chi connectivity index (χ0) is 15.9. The largest absolute Gasteiger partial charge is 0.447 e.